The molecule has 2 heterocycles. The Morgan fingerprint density at radius 1 is 1.00 bits per heavy atom. The van der Waals surface area contributed by atoms with Crippen molar-refractivity contribution in [1.29, 1.82) is 0 Å². The van der Waals surface area contributed by atoms with E-state index in [2.05, 4.69) is 49.9 Å². The van der Waals surface area contributed by atoms with Crippen LogP contribution >= 0.6 is 0 Å². The fourth-order valence-corrected chi connectivity index (χ4v) is 4.92. The number of likely N-dealkylation sites (tertiary alicyclic amines) is 2. The van der Waals surface area contributed by atoms with Crippen LogP contribution in [0.25, 0.3) is 10.8 Å². The first kappa shape index (κ1) is 21.2. The molecular formula is C26H36N2O2. The Bertz CT molecular complexity index is 872. The first-order valence-electron chi connectivity index (χ1n) is 11.8. The smallest absolute Gasteiger partial charge is 0.253 e. The molecule has 2 aliphatic heterocycles. The molecule has 2 aromatic rings. The third-order valence-electron chi connectivity index (χ3n) is 6.98. The summed E-state index contributed by atoms with van der Waals surface area (Å²) < 4.78 is 6.42. The van der Waals surface area contributed by atoms with Crippen molar-refractivity contribution in [1.82, 2.24) is 9.80 Å². The molecule has 2 aromatic carbocycles. The number of hydrogen-bond acceptors (Lipinski definition) is 3. The number of hydrogen-bond donors (Lipinski definition) is 0. The minimum atomic E-state index is 0.125. The quantitative estimate of drug-likeness (QED) is 0.636. The van der Waals surface area contributed by atoms with Gasteiger partial charge in [-0.25, -0.2) is 0 Å². The molecule has 2 atom stereocenters. The van der Waals surface area contributed by atoms with Gasteiger partial charge in [-0.15, -0.1) is 0 Å². The Morgan fingerprint density at radius 3 is 2.47 bits per heavy atom. The van der Waals surface area contributed by atoms with E-state index in [1.165, 1.54) is 19.3 Å². The summed E-state index contributed by atoms with van der Waals surface area (Å²) in [5.74, 6) is 1.80. The van der Waals surface area contributed by atoms with Crippen molar-refractivity contribution < 1.29 is 9.53 Å². The molecule has 0 spiro atoms. The monoisotopic (exact) mass is 408 g/mol. The lowest BCUT2D eigenvalue weighted by Crippen LogP contribution is -2.47. The number of piperidine rings is 2. The minimum absolute atomic E-state index is 0.125. The normalized spacial score (nSPS) is 22.2. The maximum Gasteiger partial charge on any atom is 0.253 e. The van der Waals surface area contributed by atoms with Crippen molar-refractivity contribution in [2.24, 2.45) is 5.92 Å². The zero-order valence-corrected chi connectivity index (χ0v) is 18.8. The van der Waals surface area contributed by atoms with Gasteiger partial charge >= 0.3 is 0 Å². The van der Waals surface area contributed by atoms with Crippen LogP contribution in [0.1, 0.15) is 69.7 Å². The third-order valence-corrected chi connectivity index (χ3v) is 6.98. The summed E-state index contributed by atoms with van der Waals surface area (Å²) in [6.45, 7) is 9.65. The first-order valence-corrected chi connectivity index (χ1v) is 11.8. The van der Waals surface area contributed by atoms with Gasteiger partial charge in [0.2, 0.25) is 0 Å². The molecule has 4 heteroatoms. The van der Waals surface area contributed by atoms with E-state index in [4.69, 9.17) is 4.74 Å². The SMILES string of the molecule is CCC(Oc1ccc2cc(C(=O)N3CCC(C)CC3)ccc2c1)N1CCCCC1C. The van der Waals surface area contributed by atoms with E-state index in [1.807, 2.05) is 17.0 Å². The molecule has 30 heavy (non-hydrogen) atoms. The van der Waals surface area contributed by atoms with Crippen molar-refractivity contribution in [3.8, 4) is 5.75 Å². The number of ether oxygens (including phenoxy) is 1. The molecule has 4 rings (SSSR count). The van der Waals surface area contributed by atoms with E-state index in [0.717, 1.165) is 66.9 Å². The summed E-state index contributed by atoms with van der Waals surface area (Å²) >= 11 is 0. The molecule has 0 bridgehead atoms. The zero-order valence-electron chi connectivity index (χ0n) is 18.8. The van der Waals surface area contributed by atoms with E-state index in [0.29, 0.717) is 6.04 Å². The fourth-order valence-electron chi connectivity index (χ4n) is 4.92. The Morgan fingerprint density at radius 2 is 1.73 bits per heavy atom. The van der Waals surface area contributed by atoms with Crippen molar-refractivity contribution in [2.75, 3.05) is 19.6 Å². The van der Waals surface area contributed by atoms with Crippen LogP contribution in [0.3, 0.4) is 0 Å². The van der Waals surface area contributed by atoms with E-state index in [9.17, 15) is 4.79 Å². The van der Waals surface area contributed by atoms with Gasteiger partial charge in [-0.05, 0) is 80.0 Å². The van der Waals surface area contributed by atoms with E-state index < -0.39 is 0 Å². The highest BCUT2D eigenvalue weighted by molar-refractivity contribution is 5.98. The minimum Gasteiger partial charge on any atom is -0.475 e. The van der Waals surface area contributed by atoms with Crippen LogP contribution in [0.15, 0.2) is 36.4 Å². The van der Waals surface area contributed by atoms with Crippen molar-refractivity contribution >= 4 is 16.7 Å². The van der Waals surface area contributed by atoms with E-state index in [-0.39, 0.29) is 12.1 Å². The molecule has 2 unspecified atom stereocenters. The van der Waals surface area contributed by atoms with Crippen LogP contribution in [-0.4, -0.2) is 47.6 Å². The summed E-state index contributed by atoms with van der Waals surface area (Å²) in [5, 5.41) is 2.22. The van der Waals surface area contributed by atoms with Crippen molar-refractivity contribution in [3.05, 3.63) is 42.0 Å². The van der Waals surface area contributed by atoms with E-state index >= 15 is 0 Å². The average molecular weight is 409 g/mol. The van der Waals surface area contributed by atoms with Gasteiger partial charge in [0.1, 0.15) is 5.75 Å². The predicted octanol–water partition coefficient (Wildman–Crippen LogP) is 5.70. The maximum absolute atomic E-state index is 12.9. The van der Waals surface area contributed by atoms with Gasteiger partial charge in [-0.1, -0.05) is 32.4 Å². The Balaban J connectivity index is 1.48. The van der Waals surface area contributed by atoms with E-state index in [1.54, 1.807) is 0 Å². The fraction of sp³-hybridized carbons (Fsp3) is 0.577. The lowest BCUT2D eigenvalue weighted by molar-refractivity contribution is -0.0194. The number of carbonyl (C=O) groups excluding carboxylic acids is 1. The van der Waals surface area contributed by atoms with Crippen LogP contribution in [0.5, 0.6) is 5.75 Å². The van der Waals surface area contributed by atoms with Crippen LogP contribution in [0.4, 0.5) is 0 Å². The number of rotatable bonds is 5. The number of nitrogens with zero attached hydrogens (tertiary/aromatic N) is 2. The summed E-state index contributed by atoms with van der Waals surface area (Å²) in [6, 6.07) is 12.9. The largest absolute Gasteiger partial charge is 0.475 e. The molecular weight excluding hydrogens is 372 g/mol. The third kappa shape index (κ3) is 4.64. The highest BCUT2D eigenvalue weighted by Crippen LogP contribution is 2.27. The molecule has 1 amide bonds. The van der Waals surface area contributed by atoms with Crippen LogP contribution in [-0.2, 0) is 0 Å². The molecule has 0 aliphatic carbocycles. The second kappa shape index (κ2) is 9.38. The second-order valence-electron chi connectivity index (χ2n) is 9.26. The van der Waals surface area contributed by atoms with Gasteiger partial charge < -0.3 is 9.64 Å². The Labute approximate surface area is 181 Å². The van der Waals surface area contributed by atoms with Crippen LogP contribution < -0.4 is 4.74 Å². The molecule has 0 saturated carbocycles. The molecule has 2 saturated heterocycles. The van der Waals surface area contributed by atoms with Gasteiger partial charge in [0.05, 0.1) is 0 Å². The topological polar surface area (TPSA) is 32.8 Å². The zero-order chi connectivity index (χ0) is 21.1. The predicted molar refractivity (Wildman–Crippen MR) is 123 cm³/mol. The highest BCUT2D eigenvalue weighted by Gasteiger charge is 2.26. The summed E-state index contributed by atoms with van der Waals surface area (Å²) in [4.78, 5) is 17.4. The molecule has 0 aromatic heterocycles. The van der Waals surface area contributed by atoms with Gasteiger partial charge in [-0.3, -0.25) is 9.69 Å². The number of fused-ring (bicyclic) bond motifs is 1. The summed E-state index contributed by atoms with van der Waals surface area (Å²) in [7, 11) is 0. The van der Waals surface area contributed by atoms with Crippen LogP contribution in [0.2, 0.25) is 0 Å². The number of benzene rings is 2. The maximum atomic E-state index is 12.9. The number of amides is 1. The van der Waals surface area contributed by atoms with Gasteiger partial charge in [-0.2, -0.15) is 0 Å². The lowest BCUT2D eigenvalue weighted by Gasteiger charge is -2.39. The highest BCUT2D eigenvalue weighted by atomic mass is 16.5. The molecule has 0 radical (unpaired) electrons. The van der Waals surface area contributed by atoms with Gasteiger partial charge in [0.15, 0.2) is 6.23 Å². The molecule has 4 nitrogen and oxygen atoms in total. The van der Waals surface area contributed by atoms with Crippen LogP contribution in [0, 0.1) is 5.92 Å². The van der Waals surface area contributed by atoms with Crippen molar-refractivity contribution in [3.63, 3.8) is 0 Å². The Kier molecular flexibility index (Phi) is 6.62. The Hall–Kier alpha value is -2.07. The molecule has 2 fully saturated rings. The molecule has 2 aliphatic rings. The average Bonchev–Trinajstić information content (AvgIpc) is 2.77. The summed E-state index contributed by atoms with van der Waals surface area (Å²) in [5.41, 5.74) is 0.791. The van der Waals surface area contributed by atoms with Crippen molar-refractivity contribution in [2.45, 2.75) is 71.6 Å². The second-order valence-corrected chi connectivity index (χ2v) is 9.26. The first-order chi connectivity index (χ1) is 14.5. The molecule has 162 valence electrons. The molecule has 0 N–H and O–H groups in total. The number of carbonyl (C=O) groups is 1. The van der Waals surface area contributed by atoms with Gasteiger partial charge in [0.25, 0.3) is 5.91 Å². The summed E-state index contributed by atoms with van der Waals surface area (Å²) in [6.07, 6.45) is 7.15. The lowest BCUT2D eigenvalue weighted by atomic mass is 9.98. The standard InChI is InChI=1S/C26H36N2O2/c1-4-25(28-14-6-5-7-20(28)3)30-24-11-10-21-17-23(9-8-22(21)18-24)26(29)27-15-12-19(2)13-16-27/h8-11,17-20,25H,4-7,12-16H2,1-3H3. The van der Waals surface area contributed by atoms with Gasteiger partial charge in [0, 0.05) is 31.2 Å².